The lowest BCUT2D eigenvalue weighted by atomic mass is 10.1. The van der Waals surface area contributed by atoms with Gasteiger partial charge in [0.25, 0.3) is 0 Å². The third-order valence-corrected chi connectivity index (χ3v) is 3.70. The quantitative estimate of drug-likeness (QED) is 0.795. The third-order valence-electron chi connectivity index (χ3n) is 3.20. The van der Waals surface area contributed by atoms with Crippen molar-refractivity contribution >= 4 is 15.9 Å². The molecule has 4 heteroatoms. The first-order chi connectivity index (χ1) is 9.78. The van der Waals surface area contributed by atoms with Crippen molar-refractivity contribution in [3.8, 4) is 16.8 Å². The summed E-state index contributed by atoms with van der Waals surface area (Å²) in [7, 11) is 0. The summed E-state index contributed by atoms with van der Waals surface area (Å²) in [4.78, 5) is 0. The van der Waals surface area contributed by atoms with E-state index in [0.29, 0.717) is 6.54 Å². The van der Waals surface area contributed by atoms with Crippen LogP contribution in [0, 0.1) is 0 Å². The van der Waals surface area contributed by atoms with Crippen molar-refractivity contribution < 1.29 is 0 Å². The number of halogens is 1. The molecule has 0 bridgehead atoms. The third kappa shape index (κ3) is 2.53. The van der Waals surface area contributed by atoms with Gasteiger partial charge < -0.3 is 5.73 Å². The van der Waals surface area contributed by atoms with E-state index in [0.717, 1.165) is 26.9 Å². The van der Waals surface area contributed by atoms with Gasteiger partial charge in [-0.15, -0.1) is 0 Å². The van der Waals surface area contributed by atoms with Gasteiger partial charge in [-0.3, -0.25) is 0 Å². The summed E-state index contributed by atoms with van der Waals surface area (Å²) < 4.78 is 2.89. The van der Waals surface area contributed by atoms with Crippen molar-refractivity contribution in [2.45, 2.75) is 6.54 Å². The van der Waals surface area contributed by atoms with E-state index >= 15 is 0 Å². The Balaban J connectivity index is 2.04. The molecule has 0 radical (unpaired) electrons. The first-order valence-corrected chi connectivity index (χ1v) is 7.16. The SMILES string of the molecule is NCc1ccc(Br)cc1-n1cc(-c2ccccc2)cn1. The molecule has 1 heterocycles. The number of hydrogen-bond acceptors (Lipinski definition) is 2. The Morgan fingerprint density at radius 3 is 2.60 bits per heavy atom. The van der Waals surface area contributed by atoms with Crippen LogP contribution in [0.5, 0.6) is 0 Å². The Morgan fingerprint density at radius 1 is 1.05 bits per heavy atom. The van der Waals surface area contributed by atoms with Crippen molar-refractivity contribution in [3.05, 3.63) is 71.0 Å². The van der Waals surface area contributed by atoms with Gasteiger partial charge in [-0.25, -0.2) is 4.68 Å². The van der Waals surface area contributed by atoms with Gasteiger partial charge in [-0.05, 0) is 23.3 Å². The van der Waals surface area contributed by atoms with Crippen LogP contribution >= 0.6 is 15.9 Å². The Labute approximate surface area is 126 Å². The second-order valence-electron chi connectivity index (χ2n) is 4.52. The highest BCUT2D eigenvalue weighted by atomic mass is 79.9. The highest BCUT2D eigenvalue weighted by Crippen LogP contribution is 2.23. The van der Waals surface area contributed by atoms with Crippen molar-refractivity contribution in [1.82, 2.24) is 9.78 Å². The number of rotatable bonds is 3. The number of benzene rings is 2. The molecule has 3 rings (SSSR count). The summed E-state index contributed by atoms with van der Waals surface area (Å²) in [6, 6.07) is 16.3. The largest absolute Gasteiger partial charge is 0.326 e. The Bertz CT molecular complexity index is 720. The van der Waals surface area contributed by atoms with Crippen molar-refractivity contribution in [2.24, 2.45) is 5.73 Å². The van der Waals surface area contributed by atoms with Crippen LogP contribution in [0.1, 0.15) is 5.56 Å². The van der Waals surface area contributed by atoms with Crippen LogP contribution in [0.2, 0.25) is 0 Å². The van der Waals surface area contributed by atoms with Crippen LogP contribution in [-0.2, 0) is 6.54 Å². The lowest BCUT2D eigenvalue weighted by Gasteiger charge is -2.08. The van der Waals surface area contributed by atoms with E-state index in [-0.39, 0.29) is 0 Å². The topological polar surface area (TPSA) is 43.8 Å². The first-order valence-electron chi connectivity index (χ1n) is 6.37. The van der Waals surface area contributed by atoms with Gasteiger partial charge >= 0.3 is 0 Å². The normalized spacial score (nSPS) is 10.7. The van der Waals surface area contributed by atoms with Crippen molar-refractivity contribution in [2.75, 3.05) is 0 Å². The fraction of sp³-hybridized carbons (Fsp3) is 0.0625. The Kier molecular flexibility index (Phi) is 3.67. The van der Waals surface area contributed by atoms with Crippen LogP contribution in [0.4, 0.5) is 0 Å². The zero-order valence-corrected chi connectivity index (χ0v) is 12.4. The van der Waals surface area contributed by atoms with Gasteiger partial charge in [-0.1, -0.05) is 52.3 Å². The van der Waals surface area contributed by atoms with Gasteiger partial charge in [0.05, 0.1) is 11.9 Å². The van der Waals surface area contributed by atoms with E-state index in [1.54, 1.807) is 0 Å². The van der Waals surface area contributed by atoms with Crippen LogP contribution in [0.15, 0.2) is 65.4 Å². The number of nitrogens with zero attached hydrogens (tertiary/aromatic N) is 2. The first kappa shape index (κ1) is 13.1. The molecule has 20 heavy (non-hydrogen) atoms. The molecule has 2 aromatic carbocycles. The van der Waals surface area contributed by atoms with Crippen molar-refractivity contribution in [3.63, 3.8) is 0 Å². The maximum atomic E-state index is 5.80. The molecular weight excluding hydrogens is 314 g/mol. The summed E-state index contributed by atoms with van der Waals surface area (Å²) >= 11 is 3.49. The molecule has 3 aromatic rings. The molecule has 0 atom stereocenters. The fourth-order valence-corrected chi connectivity index (χ4v) is 2.51. The highest BCUT2D eigenvalue weighted by molar-refractivity contribution is 9.10. The van der Waals surface area contributed by atoms with E-state index in [4.69, 9.17) is 5.73 Å². The lowest BCUT2D eigenvalue weighted by Crippen LogP contribution is -2.04. The molecule has 0 fully saturated rings. The van der Waals surface area contributed by atoms with Crippen LogP contribution < -0.4 is 5.73 Å². The summed E-state index contributed by atoms with van der Waals surface area (Å²) in [6.07, 6.45) is 3.90. The van der Waals surface area contributed by atoms with Gasteiger partial charge in [0.2, 0.25) is 0 Å². The number of hydrogen-bond donors (Lipinski definition) is 1. The van der Waals surface area contributed by atoms with Crippen molar-refractivity contribution in [1.29, 1.82) is 0 Å². The molecule has 0 unspecified atom stereocenters. The lowest BCUT2D eigenvalue weighted by molar-refractivity contribution is 0.858. The molecule has 3 nitrogen and oxygen atoms in total. The van der Waals surface area contributed by atoms with E-state index in [2.05, 4.69) is 33.2 Å². The minimum absolute atomic E-state index is 0.489. The van der Waals surface area contributed by atoms with Crippen LogP contribution in [0.3, 0.4) is 0 Å². The molecule has 0 saturated heterocycles. The molecule has 0 spiro atoms. The monoisotopic (exact) mass is 327 g/mol. The number of aromatic nitrogens is 2. The average Bonchev–Trinajstić information content (AvgIpc) is 2.98. The highest BCUT2D eigenvalue weighted by Gasteiger charge is 2.07. The second-order valence-corrected chi connectivity index (χ2v) is 5.43. The molecule has 0 aliphatic rings. The minimum Gasteiger partial charge on any atom is -0.326 e. The predicted octanol–water partition coefficient (Wildman–Crippen LogP) is 3.76. The molecule has 1 aromatic heterocycles. The smallest absolute Gasteiger partial charge is 0.0701 e. The molecule has 100 valence electrons. The van der Waals surface area contributed by atoms with Gasteiger partial charge in [0, 0.05) is 22.8 Å². The zero-order chi connectivity index (χ0) is 13.9. The van der Waals surface area contributed by atoms with E-state index in [1.165, 1.54) is 0 Å². The molecule has 0 saturated carbocycles. The molecule has 0 amide bonds. The van der Waals surface area contributed by atoms with Crippen LogP contribution in [0.25, 0.3) is 16.8 Å². The van der Waals surface area contributed by atoms with E-state index in [1.807, 2.05) is 53.5 Å². The van der Waals surface area contributed by atoms with E-state index in [9.17, 15) is 0 Å². The van der Waals surface area contributed by atoms with Gasteiger partial charge in [0.15, 0.2) is 0 Å². The maximum Gasteiger partial charge on any atom is 0.0701 e. The summed E-state index contributed by atoms with van der Waals surface area (Å²) in [5, 5.41) is 4.45. The summed E-state index contributed by atoms with van der Waals surface area (Å²) in [5.74, 6) is 0. The molecular formula is C16H14BrN3. The Morgan fingerprint density at radius 2 is 1.85 bits per heavy atom. The fourth-order valence-electron chi connectivity index (χ4n) is 2.16. The second kappa shape index (κ2) is 5.61. The predicted molar refractivity (Wildman–Crippen MR) is 84.6 cm³/mol. The number of nitrogens with two attached hydrogens (primary N) is 1. The summed E-state index contributed by atoms with van der Waals surface area (Å²) in [6.45, 7) is 0.489. The van der Waals surface area contributed by atoms with Gasteiger partial charge in [-0.2, -0.15) is 5.10 Å². The molecule has 2 N–H and O–H groups in total. The van der Waals surface area contributed by atoms with E-state index < -0.39 is 0 Å². The Hall–Kier alpha value is -1.91. The standard InChI is InChI=1S/C16H14BrN3/c17-15-7-6-13(9-18)16(8-15)20-11-14(10-19-20)12-4-2-1-3-5-12/h1-8,10-11H,9,18H2. The molecule has 0 aliphatic carbocycles. The summed E-state index contributed by atoms with van der Waals surface area (Å²) in [5.41, 5.74) is 10.1. The maximum absolute atomic E-state index is 5.80. The van der Waals surface area contributed by atoms with Gasteiger partial charge in [0.1, 0.15) is 0 Å². The average molecular weight is 328 g/mol. The molecule has 0 aliphatic heterocycles. The van der Waals surface area contributed by atoms with Crippen LogP contribution in [-0.4, -0.2) is 9.78 Å². The zero-order valence-electron chi connectivity index (χ0n) is 10.8. The minimum atomic E-state index is 0.489.